The number of fused-ring (bicyclic) bond motifs is 1. The highest BCUT2D eigenvalue weighted by atomic mass is 35.5. The molecule has 1 fully saturated rings. The van der Waals surface area contributed by atoms with E-state index in [1.165, 1.54) is 32.4 Å². The lowest BCUT2D eigenvalue weighted by molar-refractivity contribution is 0.222. The molecule has 0 radical (unpaired) electrons. The van der Waals surface area contributed by atoms with Gasteiger partial charge in [-0.15, -0.1) is 0 Å². The van der Waals surface area contributed by atoms with Gasteiger partial charge in [-0.1, -0.05) is 41.8 Å². The molecule has 0 spiro atoms. The van der Waals surface area contributed by atoms with Crippen LogP contribution >= 0.6 is 23.2 Å². The number of benzene rings is 2. The highest BCUT2D eigenvalue weighted by molar-refractivity contribution is 6.35. The fraction of sp³-hybridized carbons (Fsp3) is 0.458. The first-order valence-corrected chi connectivity index (χ1v) is 11.9. The van der Waals surface area contributed by atoms with E-state index in [9.17, 15) is 0 Å². The Labute approximate surface area is 193 Å². The van der Waals surface area contributed by atoms with Crippen molar-refractivity contribution in [3.63, 3.8) is 0 Å². The molecule has 0 bridgehead atoms. The van der Waals surface area contributed by atoms with Gasteiger partial charge in [-0.2, -0.15) is 0 Å². The van der Waals surface area contributed by atoms with Gasteiger partial charge in [0.15, 0.2) is 0 Å². The molecular weight excluding hydrogens is 431 g/mol. The van der Waals surface area contributed by atoms with Gasteiger partial charge in [0, 0.05) is 18.1 Å². The molecule has 0 saturated carbocycles. The number of piperidine rings is 1. The van der Waals surface area contributed by atoms with E-state index in [0.717, 1.165) is 43.5 Å². The molecule has 0 unspecified atom stereocenters. The topological polar surface area (TPSA) is 46.2 Å². The highest BCUT2D eigenvalue weighted by Crippen LogP contribution is 2.27. The number of aromatic nitrogens is 2. The number of nitrogens with one attached hydrogen (secondary N) is 1. The monoisotopic (exact) mass is 460 g/mol. The van der Waals surface area contributed by atoms with Crippen LogP contribution in [0.25, 0.3) is 11.0 Å². The summed E-state index contributed by atoms with van der Waals surface area (Å²) in [4.78, 5) is 2.56. The van der Waals surface area contributed by atoms with Crippen molar-refractivity contribution in [1.29, 1.82) is 5.41 Å². The maximum Gasteiger partial charge on any atom is 0.202 e. The van der Waals surface area contributed by atoms with Crippen molar-refractivity contribution in [1.82, 2.24) is 14.0 Å². The second-order valence-electron chi connectivity index (χ2n) is 8.15. The fourth-order valence-corrected chi connectivity index (χ4v) is 4.84. The average Bonchev–Trinajstić information content (AvgIpc) is 3.04. The summed E-state index contributed by atoms with van der Waals surface area (Å²) in [6, 6.07) is 13.6. The van der Waals surface area contributed by atoms with Gasteiger partial charge >= 0.3 is 0 Å². The number of aryl methyl sites for hydroxylation is 2. The molecule has 31 heavy (non-hydrogen) atoms. The smallest absolute Gasteiger partial charge is 0.202 e. The highest BCUT2D eigenvalue weighted by Gasteiger charge is 2.13. The van der Waals surface area contributed by atoms with Gasteiger partial charge in [0.25, 0.3) is 0 Å². The predicted molar refractivity (Wildman–Crippen MR) is 127 cm³/mol. The molecule has 3 aromatic rings. The van der Waals surface area contributed by atoms with Crippen molar-refractivity contribution in [2.45, 2.75) is 45.2 Å². The summed E-state index contributed by atoms with van der Waals surface area (Å²) in [5, 5.41) is 9.91. The van der Waals surface area contributed by atoms with Gasteiger partial charge in [0.2, 0.25) is 5.62 Å². The van der Waals surface area contributed by atoms with Crippen LogP contribution in [0, 0.1) is 5.41 Å². The normalized spacial score (nSPS) is 14.9. The molecule has 7 heteroatoms. The van der Waals surface area contributed by atoms with E-state index in [2.05, 4.69) is 32.2 Å². The number of likely N-dealkylation sites (tertiary alicyclic amines) is 1. The Kier molecular flexibility index (Phi) is 7.59. The molecule has 4 rings (SSSR count). The Hall–Kier alpha value is -1.95. The molecule has 5 nitrogen and oxygen atoms in total. The zero-order chi connectivity index (χ0) is 21.6. The number of nitrogens with zero attached hydrogens (tertiary/aromatic N) is 3. The lowest BCUT2D eigenvalue weighted by Crippen LogP contribution is -2.32. The van der Waals surface area contributed by atoms with E-state index in [0.29, 0.717) is 28.0 Å². The number of para-hydroxylation sites is 2. The van der Waals surface area contributed by atoms with Gasteiger partial charge in [0.1, 0.15) is 5.75 Å². The van der Waals surface area contributed by atoms with E-state index >= 15 is 0 Å². The van der Waals surface area contributed by atoms with Crippen molar-refractivity contribution < 1.29 is 4.74 Å². The lowest BCUT2D eigenvalue weighted by Gasteiger charge is -2.26. The van der Waals surface area contributed by atoms with Crippen LogP contribution < -0.4 is 10.4 Å². The van der Waals surface area contributed by atoms with Crippen molar-refractivity contribution in [2.24, 2.45) is 0 Å². The minimum atomic E-state index is 0.520. The van der Waals surface area contributed by atoms with Crippen molar-refractivity contribution in [3.05, 3.63) is 58.1 Å². The summed E-state index contributed by atoms with van der Waals surface area (Å²) >= 11 is 12.1. The zero-order valence-corrected chi connectivity index (χ0v) is 19.3. The summed E-state index contributed by atoms with van der Waals surface area (Å²) in [6.07, 6.45) is 5.86. The molecule has 166 valence electrons. The summed E-state index contributed by atoms with van der Waals surface area (Å²) in [5.41, 5.74) is 2.80. The fourth-order valence-electron chi connectivity index (χ4n) is 4.38. The standard InChI is InChI=1S/C24H30Cl2N4O/c25-19-10-11-23(20(26)18-19)31-17-7-16-30-22-9-3-2-8-21(22)29(24(30)27)15-6-14-28-12-4-1-5-13-28/h2-3,8-11,18,27H,1,4-7,12-17H2. The molecule has 2 heterocycles. The average molecular weight is 461 g/mol. The number of hydrogen-bond acceptors (Lipinski definition) is 3. The number of rotatable bonds is 9. The minimum Gasteiger partial charge on any atom is -0.492 e. The minimum absolute atomic E-state index is 0.520. The van der Waals surface area contributed by atoms with Crippen molar-refractivity contribution >= 4 is 34.2 Å². The van der Waals surface area contributed by atoms with Gasteiger partial charge in [-0.3, -0.25) is 5.41 Å². The Morgan fingerprint density at radius 3 is 2.19 bits per heavy atom. The largest absolute Gasteiger partial charge is 0.492 e. The van der Waals surface area contributed by atoms with E-state index in [1.807, 2.05) is 6.07 Å². The number of imidazole rings is 1. The van der Waals surface area contributed by atoms with Crippen LogP contribution in [0.15, 0.2) is 42.5 Å². The first-order chi connectivity index (χ1) is 15.1. The third kappa shape index (κ3) is 5.46. The summed E-state index contributed by atoms with van der Waals surface area (Å²) in [7, 11) is 0. The number of ether oxygens (including phenoxy) is 1. The first kappa shape index (κ1) is 22.3. The predicted octanol–water partition coefficient (Wildman–Crippen LogP) is 5.57. The summed E-state index contributed by atoms with van der Waals surface area (Å²) in [6.45, 7) is 5.68. The van der Waals surface area contributed by atoms with Crippen LogP contribution in [0.3, 0.4) is 0 Å². The van der Waals surface area contributed by atoms with Crippen LogP contribution in [0.1, 0.15) is 32.1 Å². The van der Waals surface area contributed by atoms with Gasteiger partial charge in [0.05, 0.1) is 22.7 Å². The Balaban J connectivity index is 1.39. The second kappa shape index (κ2) is 10.6. The molecule has 1 aliphatic heterocycles. The van der Waals surface area contributed by atoms with Gasteiger partial charge in [-0.25, -0.2) is 0 Å². The third-order valence-electron chi connectivity index (χ3n) is 5.96. The van der Waals surface area contributed by atoms with E-state index in [1.54, 1.807) is 18.2 Å². The van der Waals surface area contributed by atoms with E-state index in [-0.39, 0.29) is 0 Å². The molecule has 1 aliphatic rings. The van der Waals surface area contributed by atoms with Gasteiger partial charge < -0.3 is 18.8 Å². The van der Waals surface area contributed by atoms with E-state index < -0.39 is 0 Å². The van der Waals surface area contributed by atoms with Crippen LogP contribution in [0.5, 0.6) is 5.75 Å². The zero-order valence-electron chi connectivity index (χ0n) is 17.8. The molecule has 0 aliphatic carbocycles. The molecular formula is C24H30Cl2N4O. The third-order valence-corrected chi connectivity index (χ3v) is 6.49. The van der Waals surface area contributed by atoms with Crippen LogP contribution in [0.4, 0.5) is 0 Å². The lowest BCUT2D eigenvalue weighted by atomic mass is 10.1. The molecule has 2 aromatic carbocycles. The van der Waals surface area contributed by atoms with Crippen LogP contribution in [-0.4, -0.2) is 40.3 Å². The van der Waals surface area contributed by atoms with E-state index in [4.69, 9.17) is 33.3 Å². The quantitative estimate of drug-likeness (QED) is 0.423. The van der Waals surface area contributed by atoms with Gasteiger partial charge in [-0.05, 0) is 75.6 Å². The SMILES string of the molecule is N=c1n(CCCOc2ccc(Cl)cc2Cl)c2ccccc2n1CCCN1CCCCC1. The maximum atomic E-state index is 8.79. The van der Waals surface area contributed by atoms with Crippen LogP contribution in [-0.2, 0) is 13.1 Å². The second-order valence-corrected chi connectivity index (χ2v) is 8.99. The summed E-state index contributed by atoms with van der Waals surface area (Å²) < 4.78 is 10.1. The van der Waals surface area contributed by atoms with Crippen molar-refractivity contribution in [2.75, 3.05) is 26.2 Å². The molecule has 0 amide bonds. The molecule has 0 atom stereocenters. The first-order valence-electron chi connectivity index (χ1n) is 11.2. The Bertz CT molecular complexity index is 1070. The molecule has 1 aromatic heterocycles. The number of halogens is 2. The molecule has 1 N–H and O–H groups in total. The number of hydrogen-bond donors (Lipinski definition) is 1. The summed E-state index contributed by atoms with van der Waals surface area (Å²) in [5.74, 6) is 0.641. The van der Waals surface area contributed by atoms with Crippen molar-refractivity contribution in [3.8, 4) is 5.75 Å². The Morgan fingerprint density at radius 2 is 1.52 bits per heavy atom. The van der Waals surface area contributed by atoms with Crippen LogP contribution in [0.2, 0.25) is 10.0 Å². The maximum absolute atomic E-state index is 8.79. The molecule has 1 saturated heterocycles. The Morgan fingerprint density at radius 1 is 0.839 bits per heavy atom.